The fraction of sp³-hybridized carbons (Fsp3) is 0.250. The molecule has 3 rings (SSSR count). The van der Waals surface area contributed by atoms with Gasteiger partial charge in [0.25, 0.3) is 0 Å². The second-order valence-corrected chi connectivity index (χ2v) is 12.6. The van der Waals surface area contributed by atoms with E-state index in [1.165, 1.54) is 0 Å². The van der Waals surface area contributed by atoms with Crippen LogP contribution in [0, 0.1) is 0 Å². The van der Waals surface area contributed by atoms with Gasteiger partial charge in [-0.1, -0.05) is 0 Å². The molecule has 0 amide bonds. The fourth-order valence-electron chi connectivity index (χ4n) is 3.94. The second-order valence-electron chi connectivity index (χ2n) is 9.20. The Hall–Kier alpha value is -3.31. The number of hydrogen-bond donors (Lipinski definition) is 0. The average Bonchev–Trinajstić information content (AvgIpc) is 2.85. The SMILES string of the molecule is FC(F)(F)c1cc(C(F)(F)F)cc(P(F)(F)(c2cc(C(F)(F)F)cc(C(F)(F)F)c2)c2cc(C(F)(F)F)cc(C(F)(F)F)c2)c1. The van der Waals surface area contributed by atoms with Gasteiger partial charge in [-0.3, -0.25) is 0 Å². The number of hydrogen-bond acceptors (Lipinski definition) is 0. The van der Waals surface area contributed by atoms with E-state index >= 15 is 8.39 Å². The van der Waals surface area contributed by atoms with E-state index in [1.54, 1.807) is 0 Å². The molecule has 250 valence electrons. The Labute approximate surface area is 236 Å². The molecule has 0 bridgehead atoms. The molecule has 45 heavy (non-hydrogen) atoms. The topological polar surface area (TPSA) is 0 Å². The van der Waals surface area contributed by atoms with E-state index in [2.05, 4.69) is 0 Å². The number of alkyl halides is 18. The summed E-state index contributed by atoms with van der Waals surface area (Å²) in [5, 5.41) is -8.24. The van der Waals surface area contributed by atoms with Crippen LogP contribution in [0.3, 0.4) is 0 Å². The monoisotopic (exact) mass is 708 g/mol. The van der Waals surface area contributed by atoms with E-state index in [4.69, 9.17) is 0 Å². The van der Waals surface area contributed by atoms with Crippen molar-refractivity contribution in [3.8, 4) is 0 Å². The first-order valence-electron chi connectivity index (χ1n) is 11.1. The summed E-state index contributed by atoms with van der Waals surface area (Å²) >= 11 is 0. The van der Waals surface area contributed by atoms with Crippen LogP contribution in [0.5, 0.6) is 0 Å². The molecule has 0 aliphatic carbocycles. The molecule has 0 unspecified atom stereocenters. The van der Waals surface area contributed by atoms with Crippen LogP contribution in [0.2, 0.25) is 0 Å². The summed E-state index contributed by atoms with van der Waals surface area (Å²) in [6.45, 7) is 0. The molecule has 0 aliphatic rings. The van der Waals surface area contributed by atoms with Gasteiger partial charge in [0.15, 0.2) is 0 Å². The quantitative estimate of drug-likeness (QED) is 0.188. The third-order valence-corrected chi connectivity index (χ3v) is 9.57. The summed E-state index contributed by atoms with van der Waals surface area (Å²) in [7, 11) is -9.07. The van der Waals surface area contributed by atoms with Gasteiger partial charge in [0.05, 0.1) is 0 Å². The molecule has 0 saturated carbocycles. The summed E-state index contributed by atoms with van der Waals surface area (Å²) in [5.41, 5.74) is -16.0. The Bertz CT molecular complexity index is 1310. The first-order chi connectivity index (χ1) is 19.7. The summed E-state index contributed by atoms with van der Waals surface area (Å²) < 4.78 is 278. The van der Waals surface area contributed by atoms with Gasteiger partial charge in [-0.2, -0.15) is 0 Å². The summed E-state index contributed by atoms with van der Waals surface area (Å²) in [4.78, 5) is 0. The van der Waals surface area contributed by atoms with Crippen LogP contribution in [-0.4, -0.2) is 0 Å². The van der Waals surface area contributed by atoms with Gasteiger partial charge in [0.1, 0.15) is 0 Å². The van der Waals surface area contributed by atoms with Crippen LogP contribution in [0.4, 0.5) is 87.4 Å². The molecule has 3 aromatic carbocycles. The summed E-state index contributed by atoms with van der Waals surface area (Å²) in [6.07, 6.45) is -36.1. The van der Waals surface area contributed by atoms with Crippen molar-refractivity contribution in [1.82, 2.24) is 0 Å². The Morgan fingerprint density at radius 2 is 0.400 bits per heavy atom. The van der Waals surface area contributed by atoms with Crippen LogP contribution in [0.25, 0.3) is 0 Å². The van der Waals surface area contributed by atoms with E-state index in [0.29, 0.717) is 0 Å². The first kappa shape index (κ1) is 36.2. The van der Waals surface area contributed by atoms with Crippen LogP contribution < -0.4 is 15.9 Å². The molecule has 0 atom stereocenters. The normalized spacial score (nSPS) is 15.2. The van der Waals surface area contributed by atoms with Crippen LogP contribution in [0.15, 0.2) is 54.6 Å². The molecule has 3 aromatic rings. The number of benzene rings is 3. The maximum absolute atomic E-state index is 17.3. The molecule has 0 N–H and O–H groups in total. The predicted octanol–water partition coefficient (Wildman–Crippen LogP) is 10.4. The Balaban J connectivity index is 2.77. The van der Waals surface area contributed by atoms with Gasteiger partial charge < -0.3 is 0 Å². The number of rotatable bonds is 3. The van der Waals surface area contributed by atoms with Gasteiger partial charge in [-0.05, 0) is 0 Å². The van der Waals surface area contributed by atoms with Gasteiger partial charge in [-0.15, -0.1) is 0 Å². The molecule has 21 heteroatoms. The third kappa shape index (κ3) is 7.09. The van der Waals surface area contributed by atoms with E-state index < -0.39 is 148 Å². The van der Waals surface area contributed by atoms with Crippen molar-refractivity contribution in [1.29, 1.82) is 0 Å². The summed E-state index contributed by atoms with van der Waals surface area (Å²) in [5.74, 6) is 0. The van der Waals surface area contributed by atoms with E-state index in [-0.39, 0.29) is 0 Å². The molecule has 0 aliphatic heterocycles. The van der Waals surface area contributed by atoms with Crippen molar-refractivity contribution >= 4 is 23.1 Å². The minimum atomic E-state index is -9.07. The van der Waals surface area contributed by atoms with Gasteiger partial charge >= 0.3 is 236 Å². The van der Waals surface area contributed by atoms with Crippen LogP contribution in [-0.2, 0) is 37.1 Å². The molecule has 0 fully saturated rings. The Morgan fingerprint density at radius 3 is 0.511 bits per heavy atom. The second kappa shape index (κ2) is 10.4. The van der Waals surface area contributed by atoms with Crippen LogP contribution >= 0.6 is 7.22 Å². The molecule has 0 nitrogen and oxygen atoms in total. The maximum atomic E-state index is 17.3. The minimum absolute atomic E-state index is 0.819. The zero-order valence-electron chi connectivity index (χ0n) is 20.7. The molecule has 0 saturated heterocycles. The molecule has 0 spiro atoms. The van der Waals surface area contributed by atoms with Crippen molar-refractivity contribution in [3.63, 3.8) is 0 Å². The summed E-state index contributed by atoms with van der Waals surface area (Å²) in [6, 6.07) is -7.91. The first-order valence-corrected chi connectivity index (χ1v) is 13.1. The Morgan fingerprint density at radius 1 is 0.267 bits per heavy atom. The van der Waals surface area contributed by atoms with Crippen molar-refractivity contribution in [3.05, 3.63) is 88.0 Å². The fourth-order valence-corrected chi connectivity index (χ4v) is 7.03. The standard InChI is InChI=1S/C24H9F20P/c25-19(26,27)10-1-11(20(28,29)30)5-16(4-10)45(43,44,17-6-12(21(31,32)33)2-13(7-17)22(34,35)36)18-8-14(23(37,38)39)3-15(9-18)24(40,41)42/h1-9H. The zero-order valence-corrected chi connectivity index (χ0v) is 21.6. The third-order valence-electron chi connectivity index (χ3n) is 6.08. The van der Waals surface area contributed by atoms with E-state index in [0.717, 1.165) is 0 Å². The number of halogens is 20. The predicted molar refractivity (Wildman–Crippen MR) is 117 cm³/mol. The molecular weight excluding hydrogens is 699 g/mol. The van der Waals surface area contributed by atoms with E-state index in [9.17, 15) is 79.0 Å². The van der Waals surface area contributed by atoms with Crippen molar-refractivity contribution in [2.24, 2.45) is 0 Å². The van der Waals surface area contributed by atoms with Crippen molar-refractivity contribution in [2.45, 2.75) is 37.1 Å². The molecular formula is C24H9F20P. The average molecular weight is 708 g/mol. The Kier molecular flexibility index (Phi) is 8.32. The zero-order chi connectivity index (χ0) is 35.0. The van der Waals surface area contributed by atoms with Gasteiger partial charge in [0.2, 0.25) is 0 Å². The molecule has 0 aromatic heterocycles. The van der Waals surface area contributed by atoms with Gasteiger partial charge in [0, 0.05) is 0 Å². The van der Waals surface area contributed by atoms with Gasteiger partial charge in [-0.25, -0.2) is 0 Å². The molecule has 0 radical (unpaired) electrons. The van der Waals surface area contributed by atoms with Crippen molar-refractivity contribution in [2.75, 3.05) is 0 Å². The van der Waals surface area contributed by atoms with Crippen LogP contribution in [0.1, 0.15) is 33.4 Å². The van der Waals surface area contributed by atoms with E-state index in [1.807, 2.05) is 0 Å². The van der Waals surface area contributed by atoms with Crippen molar-refractivity contribution < 1.29 is 87.4 Å². The molecule has 0 heterocycles.